The van der Waals surface area contributed by atoms with Crippen molar-refractivity contribution < 1.29 is 0 Å². The van der Waals surface area contributed by atoms with Crippen LogP contribution in [0.5, 0.6) is 0 Å². The normalized spacial score (nSPS) is 17.7. The maximum Gasteiger partial charge on any atom is 0.263 e. The first-order chi connectivity index (χ1) is 12.2. The number of aryl methyl sites for hydroxylation is 1. The number of aromatic nitrogens is 2. The zero-order chi connectivity index (χ0) is 19.1. The molecule has 6 nitrogen and oxygen atoms in total. The van der Waals surface area contributed by atoms with E-state index in [0.29, 0.717) is 18.4 Å². The zero-order valence-corrected chi connectivity index (χ0v) is 17.4. The Kier molecular flexibility index (Phi) is 5.42. The lowest BCUT2D eigenvalue weighted by Crippen LogP contribution is -2.29. The zero-order valence-electron chi connectivity index (χ0n) is 16.6. The number of thiophene rings is 1. The molecule has 2 aromatic heterocycles. The Morgan fingerprint density at radius 1 is 1.38 bits per heavy atom. The minimum absolute atomic E-state index is 0.0495. The number of nitrogens with zero attached hydrogens (tertiary/aromatic N) is 3. The molecule has 3 N–H and O–H groups in total. The summed E-state index contributed by atoms with van der Waals surface area (Å²) >= 11 is 1.67. The maximum absolute atomic E-state index is 13.2. The van der Waals surface area contributed by atoms with E-state index < -0.39 is 0 Å². The van der Waals surface area contributed by atoms with Gasteiger partial charge in [0, 0.05) is 11.4 Å². The molecule has 0 saturated carbocycles. The number of hydrazine groups is 1. The fourth-order valence-electron chi connectivity index (χ4n) is 3.86. The molecule has 1 aliphatic rings. The molecule has 0 fully saturated rings. The highest BCUT2D eigenvalue weighted by Gasteiger charge is 2.32. The largest absolute Gasteiger partial charge is 0.309 e. The van der Waals surface area contributed by atoms with Gasteiger partial charge in [-0.1, -0.05) is 20.8 Å². The Bertz CT molecular complexity index is 846. The first-order valence-corrected chi connectivity index (χ1v) is 10.2. The van der Waals surface area contributed by atoms with Crippen LogP contribution in [0.2, 0.25) is 0 Å². The van der Waals surface area contributed by atoms with Crippen molar-refractivity contribution in [1.29, 1.82) is 0 Å². The summed E-state index contributed by atoms with van der Waals surface area (Å²) in [5.41, 5.74) is 4.19. The molecule has 0 radical (unpaired) electrons. The van der Waals surface area contributed by atoms with Crippen LogP contribution >= 0.6 is 11.3 Å². The summed E-state index contributed by atoms with van der Waals surface area (Å²) < 4.78 is 1.70. The van der Waals surface area contributed by atoms with Gasteiger partial charge in [-0.3, -0.25) is 14.8 Å². The van der Waals surface area contributed by atoms with Crippen molar-refractivity contribution in [2.24, 2.45) is 17.2 Å². The number of hydrogen-bond donors (Lipinski definition) is 2. The molecule has 7 heteroatoms. The number of nitrogens with two attached hydrogens (primary N) is 1. The molecule has 2 heterocycles. The topological polar surface area (TPSA) is 76.2 Å². The van der Waals surface area contributed by atoms with Crippen LogP contribution in [0.15, 0.2) is 4.79 Å². The smallest absolute Gasteiger partial charge is 0.263 e. The van der Waals surface area contributed by atoms with Gasteiger partial charge in [0.1, 0.15) is 4.83 Å². The quantitative estimate of drug-likeness (QED) is 0.619. The first-order valence-electron chi connectivity index (χ1n) is 9.38. The second-order valence-corrected chi connectivity index (χ2v) is 9.77. The Hall–Kier alpha value is -1.44. The van der Waals surface area contributed by atoms with E-state index in [4.69, 9.17) is 5.84 Å². The van der Waals surface area contributed by atoms with Crippen molar-refractivity contribution in [1.82, 2.24) is 14.5 Å². The van der Waals surface area contributed by atoms with Gasteiger partial charge in [0.2, 0.25) is 5.95 Å². The van der Waals surface area contributed by atoms with Crippen LogP contribution in [0.3, 0.4) is 0 Å². The van der Waals surface area contributed by atoms with Crippen molar-refractivity contribution in [3.05, 3.63) is 20.8 Å². The summed E-state index contributed by atoms with van der Waals surface area (Å²) in [5.74, 6) is 6.78. The number of rotatable bonds is 5. The van der Waals surface area contributed by atoms with Crippen LogP contribution in [0.4, 0.5) is 5.95 Å². The molecule has 144 valence electrons. The van der Waals surface area contributed by atoms with Crippen LogP contribution in [0, 0.1) is 11.3 Å². The lowest BCUT2D eigenvalue weighted by Gasteiger charge is -2.33. The second-order valence-electron chi connectivity index (χ2n) is 8.68. The second kappa shape index (κ2) is 7.29. The fourth-order valence-corrected chi connectivity index (χ4v) is 5.15. The lowest BCUT2D eigenvalue weighted by atomic mass is 9.72. The van der Waals surface area contributed by atoms with Gasteiger partial charge in [0.25, 0.3) is 5.56 Å². The SMILES string of the molecule is CN(C)CCCn1c(NN)nc2sc3c(c2c1=O)CCC(C(C)(C)C)C3. The Labute approximate surface area is 159 Å². The molecule has 1 aliphatic carbocycles. The molecule has 0 spiro atoms. The Morgan fingerprint density at radius 2 is 2.12 bits per heavy atom. The van der Waals surface area contributed by atoms with Crippen LogP contribution in [-0.4, -0.2) is 35.1 Å². The molecule has 0 saturated heterocycles. The van der Waals surface area contributed by atoms with E-state index in [1.54, 1.807) is 15.9 Å². The number of hydrogen-bond acceptors (Lipinski definition) is 6. The Balaban J connectivity index is 2.02. The van der Waals surface area contributed by atoms with Crippen molar-refractivity contribution in [3.63, 3.8) is 0 Å². The molecule has 0 bridgehead atoms. The summed E-state index contributed by atoms with van der Waals surface area (Å²) in [6, 6.07) is 0. The highest BCUT2D eigenvalue weighted by molar-refractivity contribution is 7.18. The van der Waals surface area contributed by atoms with Crippen LogP contribution < -0.4 is 16.8 Å². The minimum atomic E-state index is 0.0495. The minimum Gasteiger partial charge on any atom is -0.309 e. The average molecular weight is 378 g/mol. The first kappa shape index (κ1) is 19.3. The van der Waals surface area contributed by atoms with E-state index >= 15 is 0 Å². The number of nitrogen functional groups attached to an aromatic ring is 1. The summed E-state index contributed by atoms with van der Waals surface area (Å²) in [6.07, 6.45) is 4.04. The molecule has 26 heavy (non-hydrogen) atoms. The Morgan fingerprint density at radius 3 is 2.73 bits per heavy atom. The number of fused-ring (bicyclic) bond motifs is 3. The van der Waals surface area contributed by atoms with E-state index in [-0.39, 0.29) is 11.0 Å². The highest BCUT2D eigenvalue weighted by Crippen LogP contribution is 2.42. The molecule has 0 aromatic carbocycles. The third-order valence-corrected chi connectivity index (χ3v) is 6.66. The lowest BCUT2D eigenvalue weighted by molar-refractivity contribution is 0.218. The highest BCUT2D eigenvalue weighted by atomic mass is 32.1. The van der Waals surface area contributed by atoms with Gasteiger partial charge in [-0.25, -0.2) is 10.8 Å². The monoisotopic (exact) mass is 377 g/mol. The van der Waals surface area contributed by atoms with E-state index in [9.17, 15) is 4.79 Å². The predicted octanol–water partition coefficient (Wildman–Crippen LogP) is 2.85. The maximum atomic E-state index is 13.2. The van der Waals surface area contributed by atoms with Crippen LogP contribution in [0.1, 0.15) is 44.1 Å². The van der Waals surface area contributed by atoms with Gasteiger partial charge in [0.05, 0.1) is 5.39 Å². The standard InChI is InChI=1S/C19H31N5OS/c1-19(2,3)12-7-8-13-14(11-12)26-16-15(13)17(25)24(18(21-16)22-20)10-6-9-23(4)5/h12H,6-11,20H2,1-5H3,(H,21,22). The third-order valence-electron chi connectivity index (χ3n) is 5.51. The summed E-state index contributed by atoms with van der Waals surface area (Å²) in [6.45, 7) is 8.46. The van der Waals surface area contributed by atoms with Crippen molar-refractivity contribution in [2.45, 2.75) is 53.0 Å². The number of anilines is 1. The molecular weight excluding hydrogens is 346 g/mol. The van der Waals surface area contributed by atoms with Gasteiger partial charge >= 0.3 is 0 Å². The molecule has 1 unspecified atom stereocenters. The van der Waals surface area contributed by atoms with Crippen molar-refractivity contribution in [2.75, 3.05) is 26.1 Å². The summed E-state index contributed by atoms with van der Waals surface area (Å²) in [7, 11) is 4.07. The van der Waals surface area contributed by atoms with Gasteiger partial charge in [0.15, 0.2) is 0 Å². The molecule has 1 atom stereocenters. The average Bonchev–Trinajstić information content (AvgIpc) is 2.93. The van der Waals surface area contributed by atoms with Gasteiger partial charge in [-0.2, -0.15) is 0 Å². The van der Waals surface area contributed by atoms with Gasteiger partial charge in [-0.05, 0) is 63.2 Å². The molecule has 0 aliphatic heterocycles. The number of nitrogens with one attached hydrogen (secondary N) is 1. The van der Waals surface area contributed by atoms with Gasteiger partial charge < -0.3 is 4.90 Å². The fraction of sp³-hybridized carbons (Fsp3) is 0.684. The van der Waals surface area contributed by atoms with E-state index in [1.807, 2.05) is 14.1 Å². The molecule has 2 aromatic rings. The van der Waals surface area contributed by atoms with E-state index in [0.717, 1.165) is 42.4 Å². The van der Waals surface area contributed by atoms with Crippen molar-refractivity contribution >= 4 is 27.5 Å². The summed E-state index contributed by atoms with van der Waals surface area (Å²) in [5, 5.41) is 0.821. The molecule has 0 amide bonds. The molecular formula is C19H31N5OS. The van der Waals surface area contributed by atoms with Crippen molar-refractivity contribution in [3.8, 4) is 0 Å². The predicted molar refractivity (Wildman–Crippen MR) is 110 cm³/mol. The summed E-state index contributed by atoms with van der Waals surface area (Å²) in [4.78, 5) is 22.2. The van der Waals surface area contributed by atoms with Crippen LogP contribution in [0.25, 0.3) is 10.2 Å². The van der Waals surface area contributed by atoms with Crippen LogP contribution in [-0.2, 0) is 19.4 Å². The van der Waals surface area contributed by atoms with E-state index in [2.05, 4.69) is 36.1 Å². The third kappa shape index (κ3) is 3.66. The van der Waals surface area contributed by atoms with Gasteiger partial charge in [-0.15, -0.1) is 11.3 Å². The molecule has 3 rings (SSSR count). The van der Waals surface area contributed by atoms with E-state index in [1.165, 1.54) is 10.4 Å².